The average Bonchev–Trinajstić information content (AvgIpc) is 2.77. The van der Waals surface area contributed by atoms with Crippen LogP contribution in [0.2, 0.25) is 5.02 Å². The minimum Gasteiger partial charge on any atom is -0.325 e. The van der Waals surface area contributed by atoms with Crippen LogP contribution in [0.4, 0.5) is 5.69 Å². The van der Waals surface area contributed by atoms with Crippen LogP contribution in [0.1, 0.15) is 31.8 Å². The van der Waals surface area contributed by atoms with Gasteiger partial charge in [0, 0.05) is 5.69 Å². The van der Waals surface area contributed by atoms with Gasteiger partial charge in [0.05, 0.1) is 16.1 Å². The Morgan fingerprint density at radius 3 is 2.50 bits per heavy atom. The molecule has 1 aliphatic heterocycles. The summed E-state index contributed by atoms with van der Waals surface area (Å²) in [5, 5.41) is 2.91. The van der Waals surface area contributed by atoms with E-state index in [9.17, 15) is 14.4 Å². The second kappa shape index (κ2) is 6.09. The summed E-state index contributed by atoms with van der Waals surface area (Å²) in [6, 6.07) is 10.2. The molecule has 0 saturated heterocycles. The molecule has 0 saturated carbocycles. The number of amides is 3. The second-order valence-electron chi connectivity index (χ2n) is 5.71. The topological polar surface area (TPSA) is 66.5 Å². The molecule has 3 amide bonds. The molecule has 0 spiro atoms. The van der Waals surface area contributed by atoms with E-state index in [4.69, 9.17) is 11.6 Å². The van der Waals surface area contributed by atoms with Gasteiger partial charge in [-0.1, -0.05) is 23.7 Å². The van der Waals surface area contributed by atoms with Gasteiger partial charge in [0.25, 0.3) is 11.8 Å². The summed E-state index contributed by atoms with van der Waals surface area (Å²) in [5.41, 5.74) is 3.16. The van der Waals surface area contributed by atoms with Crippen LogP contribution in [0.5, 0.6) is 0 Å². The summed E-state index contributed by atoms with van der Waals surface area (Å²) in [6.45, 7) is 3.57. The van der Waals surface area contributed by atoms with E-state index < -0.39 is 17.7 Å². The lowest BCUT2D eigenvalue weighted by atomic mass is 10.1. The van der Waals surface area contributed by atoms with Crippen molar-refractivity contribution in [1.29, 1.82) is 0 Å². The van der Waals surface area contributed by atoms with Crippen LogP contribution in [-0.2, 0) is 4.79 Å². The molecule has 5 nitrogen and oxygen atoms in total. The predicted molar refractivity (Wildman–Crippen MR) is 91.4 cm³/mol. The summed E-state index contributed by atoms with van der Waals surface area (Å²) < 4.78 is 0. The summed E-state index contributed by atoms with van der Waals surface area (Å²) in [4.78, 5) is 37.8. The van der Waals surface area contributed by atoms with Crippen LogP contribution in [0.3, 0.4) is 0 Å². The number of nitrogens with one attached hydrogen (secondary N) is 1. The molecule has 1 aliphatic rings. The first-order valence-electron chi connectivity index (χ1n) is 7.40. The fraction of sp³-hybridized carbons (Fsp3) is 0.167. The van der Waals surface area contributed by atoms with Crippen molar-refractivity contribution in [3.63, 3.8) is 0 Å². The van der Waals surface area contributed by atoms with Crippen LogP contribution in [0.15, 0.2) is 36.4 Å². The zero-order valence-electron chi connectivity index (χ0n) is 13.2. The molecule has 0 fully saturated rings. The lowest BCUT2D eigenvalue weighted by molar-refractivity contribution is -0.116. The molecule has 0 aliphatic carbocycles. The molecule has 0 aromatic heterocycles. The van der Waals surface area contributed by atoms with Crippen molar-refractivity contribution >= 4 is 35.0 Å². The van der Waals surface area contributed by atoms with E-state index in [0.29, 0.717) is 5.69 Å². The monoisotopic (exact) mass is 342 g/mol. The van der Waals surface area contributed by atoms with E-state index in [1.807, 2.05) is 26.0 Å². The highest BCUT2D eigenvalue weighted by Gasteiger charge is 2.38. The predicted octanol–water partition coefficient (Wildman–Crippen LogP) is 3.19. The van der Waals surface area contributed by atoms with E-state index >= 15 is 0 Å². The largest absolute Gasteiger partial charge is 0.325 e. The van der Waals surface area contributed by atoms with Crippen LogP contribution < -0.4 is 5.32 Å². The Bertz CT molecular complexity index is 877. The van der Waals surface area contributed by atoms with Gasteiger partial charge >= 0.3 is 0 Å². The van der Waals surface area contributed by atoms with Crippen LogP contribution in [0.25, 0.3) is 0 Å². The van der Waals surface area contributed by atoms with Gasteiger partial charge in [0.1, 0.15) is 6.54 Å². The lowest BCUT2D eigenvalue weighted by Gasteiger charge is -2.14. The standard InChI is InChI=1S/C18H15ClN2O3/c1-10-6-7-12(8-11(10)2)20-15(22)9-21-17(23)13-4-3-5-14(19)16(13)18(21)24/h3-8H,9H2,1-2H3,(H,20,22). The molecule has 122 valence electrons. The molecule has 6 heteroatoms. The molecule has 24 heavy (non-hydrogen) atoms. The number of halogens is 1. The van der Waals surface area contributed by atoms with E-state index in [1.165, 1.54) is 6.07 Å². The number of anilines is 1. The minimum atomic E-state index is -0.546. The van der Waals surface area contributed by atoms with Crippen molar-refractivity contribution in [2.24, 2.45) is 0 Å². The van der Waals surface area contributed by atoms with E-state index in [-0.39, 0.29) is 22.7 Å². The smallest absolute Gasteiger partial charge is 0.263 e. The Kier molecular flexibility index (Phi) is 4.11. The van der Waals surface area contributed by atoms with E-state index in [2.05, 4.69) is 5.32 Å². The number of rotatable bonds is 3. The van der Waals surface area contributed by atoms with E-state index in [1.54, 1.807) is 18.2 Å². The van der Waals surface area contributed by atoms with Crippen molar-refractivity contribution in [2.45, 2.75) is 13.8 Å². The molecule has 3 rings (SSSR count). The van der Waals surface area contributed by atoms with Crippen molar-refractivity contribution in [2.75, 3.05) is 11.9 Å². The first-order valence-corrected chi connectivity index (χ1v) is 7.78. The number of nitrogens with zero attached hydrogens (tertiary/aromatic N) is 1. The van der Waals surface area contributed by atoms with Crippen LogP contribution in [-0.4, -0.2) is 29.2 Å². The Morgan fingerprint density at radius 2 is 1.83 bits per heavy atom. The Labute approximate surface area is 144 Å². The van der Waals surface area contributed by atoms with Gasteiger partial charge in [-0.3, -0.25) is 19.3 Å². The van der Waals surface area contributed by atoms with Gasteiger partial charge in [-0.2, -0.15) is 0 Å². The molecule has 1 heterocycles. The normalized spacial score (nSPS) is 13.2. The second-order valence-corrected chi connectivity index (χ2v) is 6.11. The first kappa shape index (κ1) is 16.2. The van der Waals surface area contributed by atoms with Gasteiger partial charge < -0.3 is 5.32 Å². The van der Waals surface area contributed by atoms with Crippen molar-refractivity contribution in [1.82, 2.24) is 4.90 Å². The molecule has 2 aromatic rings. The SMILES string of the molecule is Cc1ccc(NC(=O)CN2C(=O)c3cccc(Cl)c3C2=O)cc1C. The maximum atomic E-state index is 12.4. The van der Waals surface area contributed by atoms with Gasteiger partial charge in [-0.25, -0.2) is 0 Å². The summed E-state index contributed by atoms with van der Waals surface area (Å²) in [6.07, 6.45) is 0. The van der Waals surface area contributed by atoms with Gasteiger partial charge in [0.15, 0.2) is 0 Å². The average molecular weight is 343 g/mol. The number of hydrogen-bond donors (Lipinski definition) is 1. The number of benzene rings is 2. The molecule has 0 bridgehead atoms. The Morgan fingerprint density at radius 1 is 1.08 bits per heavy atom. The molecule has 2 aromatic carbocycles. The third kappa shape index (κ3) is 2.78. The van der Waals surface area contributed by atoms with Crippen molar-refractivity contribution < 1.29 is 14.4 Å². The van der Waals surface area contributed by atoms with Crippen LogP contribution in [0, 0.1) is 13.8 Å². The maximum Gasteiger partial charge on any atom is 0.263 e. The zero-order valence-corrected chi connectivity index (χ0v) is 14.0. The van der Waals surface area contributed by atoms with Gasteiger partial charge in [0.2, 0.25) is 5.91 Å². The molecular weight excluding hydrogens is 328 g/mol. The van der Waals surface area contributed by atoms with Gasteiger partial charge in [-0.05, 0) is 49.2 Å². The Balaban J connectivity index is 1.76. The molecule has 0 radical (unpaired) electrons. The molecular formula is C18H15ClN2O3. The fourth-order valence-electron chi connectivity index (χ4n) is 2.60. The number of imide groups is 1. The van der Waals surface area contributed by atoms with Crippen molar-refractivity contribution in [3.8, 4) is 0 Å². The van der Waals surface area contributed by atoms with Crippen molar-refractivity contribution in [3.05, 3.63) is 63.7 Å². The van der Waals surface area contributed by atoms with Crippen LogP contribution >= 0.6 is 11.6 Å². The quantitative estimate of drug-likeness (QED) is 0.871. The highest BCUT2D eigenvalue weighted by molar-refractivity contribution is 6.37. The number of fused-ring (bicyclic) bond motifs is 1. The molecule has 0 unspecified atom stereocenters. The lowest BCUT2D eigenvalue weighted by Crippen LogP contribution is -2.37. The highest BCUT2D eigenvalue weighted by atomic mass is 35.5. The van der Waals surface area contributed by atoms with E-state index in [0.717, 1.165) is 16.0 Å². The number of hydrogen-bond acceptors (Lipinski definition) is 3. The third-order valence-electron chi connectivity index (χ3n) is 4.04. The summed E-state index contributed by atoms with van der Waals surface area (Å²) >= 11 is 5.99. The van der Waals surface area contributed by atoms with Gasteiger partial charge in [-0.15, -0.1) is 0 Å². The molecule has 1 N–H and O–H groups in total. The first-order chi connectivity index (χ1) is 11.4. The summed E-state index contributed by atoms with van der Waals surface area (Å²) in [7, 11) is 0. The summed E-state index contributed by atoms with van der Waals surface area (Å²) in [5.74, 6) is -1.49. The maximum absolute atomic E-state index is 12.4. The fourth-order valence-corrected chi connectivity index (χ4v) is 2.85. The highest BCUT2D eigenvalue weighted by Crippen LogP contribution is 2.28. The number of aryl methyl sites for hydroxylation is 2. The third-order valence-corrected chi connectivity index (χ3v) is 4.36. The minimum absolute atomic E-state index is 0.156. The zero-order chi connectivity index (χ0) is 17.4. The number of carbonyl (C=O) groups is 3. The Hall–Kier alpha value is -2.66. The molecule has 0 atom stereocenters. The number of carbonyl (C=O) groups excluding carboxylic acids is 3.